The monoisotopic (exact) mass is 567 g/mol. The van der Waals surface area contributed by atoms with Crippen LogP contribution in [0.5, 0.6) is 0 Å². The van der Waals surface area contributed by atoms with Gasteiger partial charge in [-0.15, -0.1) is 24.0 Å². The largest absolute Gasteiger partial charge is 0.450 e. The fraction of sp³-hybridized carbons (Fsp3) is 0.500. The highest BCUT2D eigenvalue weighted by Gasteiger charge is 2.23. The Bertz CT molecular complexity index is 664. The second-order valence-corrected chi connectivity index (χ2v) is 6.87. The molecule has 28 heavy (non-hydrogen) atoms. The number of benzene rings is 1. The van der Waals surface area contributed by atoms with Crippen molar-refractivity contribution in [3.8, 4) is 0 Å². The van der Waals surface area contributed by atoms with Gasteiger partial charge < -0.3 is 25.2 Å². The Balaban J connectivity index is 0.00000392. The van der Waals surface area contributed by atoms with E-state index < -0.39 is 0 Å². The number of hydrogen-bond acceptors (Lipinski definition) is 4. The molecule has 1 aromatic carbocycles. The van der Waals surface area contributed by atoms with Gasteiger partial charge in [-0.1, -0.05) is 15.9 Å². The third kappa shape index (κ3) is 7.82. The van der Waals surface area contributed by atoms with Crippen LogP contribution >= 0.6 is 39.9 Å². The number of halogens is 2. The molecule has 0 atom stereocenters. The van der Waals surface area contributed by atoms with E-state index in [1.54, 1.807) is 18.9 Å². The highest BCUT2D eigenvalue weighted by atomic mass is 127. The molecule has 0 aliphatic carbocycles. The number of hydrogen-bond donors (Lipinski definition) is 2. The zero-order chi connectivity index (χ0) is 19.6. The van der Waals surface area contributed by atoms with Crippen LogP contribution in [0.3, 0.4) is 0 Å². The van der Waals surface area contributed by atoms with Crippen LogP contribution in [-0.2, 0) is 9.53 Å². The molecule has 10 heteroatoms. The number of carbonyl (C=O) groups excluding carboxylic acids is 2. The van der Waals surface area contributed by atoms with Crippen molar-refractivity contribution >= 4 is 63.6 Å². The van der Waals surface area contributed by atoms with Crippen LogP contribution in [0.25, 0.3) is 0 Å². The molecule has 1 aromatic rings. The Morgan fingerprint density at radius 2 is 1.75 bits per heavy atom. The second-order valence-electron chi connectivity index (χ2n) is 5.95. The summed E-state index contributed by atoms with van der Waals surface area (Å²) < 4.78 is 5.99. The molecule has 1 aliphatic heterocycles. The molecule has 1 aliphatic rings. The van der Waals surface area contributed by atoms with E-state index in [1.165, 1.54) is 0 Å². The second kappa shape index (κ2) is 12.8. The molecule has 2 amide bonds. The van der Waals surface area contributed by atoms with Gasteiger partial charge in [0.05, 0.1) is 6.61 Å². The molecule has 8 nitrogen and oxygen atoms in total. The quantitative estimate of drug-likeness (QED) is 0.325. The van der Waals surface area contributed by atoms with Gasteiger partial charge in [0.1, 0.15) is 0 Å². The van der Waals surface area contributed by atoms with Gasteiger partial charge in [0.15, 0.2) is 5.96 Å². The summed E-state index contributed by atoms with van der Waals surface area (Å²) in [5.74, 6) is 0.669. The standard InChI is InChI=1S/C18H26BrN5O3.HI/c1-3-27-18(26)24-12-10-23(11-13-24)17(20-2)21-9-8-16(25)22-15-6-4-14(19)5-7-15;/h4-7H,3,8-13H2,1-2H3,(H,20,21)(H,22,25);1H. The first kappa shape index (κ1) is 24.5. The lowest BCUT2D eigenvalue weighted by molar-refractivity contribution is -0.116. The van der Waals surface area contributed by atoms with Crippen molar-refractivity contribution in [1.29, 1.82) is 0 Å². The summed E-state index contributed by atoms with van der Waals surface area (Å²) in [6, 6.07) is 7.45. The Morgan fingerprint density at radius 1 is 1.14 bits per heavy atom. The third-order valence-corrected chi connectivity index (χ3v) is 4.61. The Morgan fingerprint density at radius 3 is 2.32 bits per heavy atom. The van der Waals surface area contributed by atoms with E-state index in [0.29, 0.717) is 45.8 Å². The van der Waals surface area contributed by atoms with Crippen molar-refractivity contribution < 1.29 is 14.3 Å². The summed E-state index contributed by atoms with van der Waals surface area (Å²) in [7, 11) is 1.71. The van der Waals surface area contributed by atoms with Gasteiger partial charge in [-0.05, 0) is 31.2 Å². The Hall–Kier alpha value is -1.56. The van der Waals surface area contributed by atoms with Gasteiger partial charge in [0.2, 0.25) is 5.91 Å². The van der Waals surface area contributed by atoms with Crippen molar-refractivity contribution in [2.45, 2.75) is 13.3 Å². The Labute approximate surface area is 191 Å². The first-order valence-corrected chi connectivity index (χ1v) is 9.75. The van der Waals surface area contributed by atoms with Gasteiger partial charge in [-0.25, -0.2) is 4.79 Å². The summed E-state index contributed by atoms with van der Waals surface area (Å²) in [5, 5.41) is 6.07. The molecule has 2 rings (SSSR count). The van der Waals surface area contributed by atoms with E-state index in [9.17, 15) is 9.59 Å². The Kier molecular flexibility index (Phi) is 11.2. The van der Waals surface area contributed by atoms with E-state index in [0.717, 1.165) is 16.1 Å². The maximum absolute atomic E-state index is 12.0. The fourth-order valence-electron chi connectivity index (χ4n) is 2.69. The highest BCUT2D eigenvalue weighted by Crippen LogP contribution is 2.14. The maximum atomic E-state index is 12.0. The minimum atomic E-state index is -0.273. The van der Waals surface area contributed by atoms with Gasteiger partial charge >= 0.3 is 6.09 Å². The predicted molar refractivity (Wildman–Crippen MR) is 124 cm³/mol. The number of amides is 2. The first-order chi connectivity index (χ1) is 13.0. The van der Waals surface area contributed by atoms with Crippen molar-refractivity contribution in [2.24, 2.45) is 4.99 Å². The lowest BCUT2D eigenvalue weighted by Gasteiger charge is -2.35. The average molecular weight is 568 g/mol. The van der Waals surface area contributed by atoms with Crippen LogP contribution in [0.2, 0.25) is 0 Å². The van der Waals surface area contributed by atoms with E-state index in [-0.39, 0.29) is 36.0 Å². The topological polar surface area (TPSA) is 86.3 Å². The summed E-state index contributed by atoms with van der Waals surface area (Å²) in [4.78, 5) is 31.8. The van der Waals surface area contributed by atoms with Crippen LogP contribution in [0.15, 0.2) is 33.7 Å². The number of nitrogens with one attached hydrogen (secondary N) is 2. The number of nitrogens with zero attached hydrogens (tertiary/aromatic N) is 3. The lowest BCUT2D eigenvalue weighted by atomic mass is 10.3. The smallest absolute Gasteiger partial charge is 0.409 e. The summed E-state index contributed by atoms with van der Waals surface area (Å²) in [5.41, 5.74) is 0.766. The maximum Gasteiger partial charge on any atom is 0.409 e. The molecule has 0 spiro atoms. The van der Waals surface area contributed by atoms with Gasteiger partial charge in [-0.3, -0.25) is 9.79 Å². The van der Waals surface area contributed by atoms with E-state index in [1.807, 2.05) is 24.3 Å². The fourth-order valence-corrected chi connectivity index (χ4v) is 2.96. The van der Waals surface area contributed by atoms with Gasteiger partial charge in [-0.2, -0.15) is 0 Å². The predicted octanol–water partition coefficient (Wildman–Crippen LogP) is 2.75. The number of aliphatic imine (C=N–C) groups is 1. The minimum absolute atomic E-state index is 0. The van der Waals surface area contributed by atoms with Crippen LogP contribution in [-0.4, -0.2) is 74.1 Å². The van der Waals surface area contributed by atoms with Crippen LogP contribution < -0.4 is 10.6 Å². The first-order valence-electron chi connectivity index (χ1n) is 8.96. The number of guanidine groups is 1. The van der Waals surface area contributed by atoms with E-state index in [4.69, 9.17) is 4.74 Å². The van der Waals surface area contributed by atoms with Crippen LogP contribution in [0.4, 0.5) is 10.5 Å². The van der Waals surface area contributed by atoms with Crippen molar-refractivity contribution in [3.63, 3.8) is 0 Å². The lowest BCUT2D eigenvalue weighted by Crippen LogP contribution is -2.54. The highest BCUT2D eigenvalue weighted by molar-refractivity contribution is 14.0. The summed E-state index contributed by atoms with van der Waals surface area (Å²) >= 11 is 3.37. The molecule has 1 saturated heterocycles. The molecular formula is C18H27BrIN5O3. The molecule has 0 unspecified atom stereocenters. The number of ether oxygens (including phenoxy) is 1. The third-order valence-electron chi connectivity index (χ3n) is 4.08. The molecule has 0 aromatic heterocycles. The molecule has 1 heterocycles. The molecule has 0 saturated carbocycles. The average Bonchev–Trinajstić information content (AvgIpc) is 2.67. The zero-order valence-electron chi connectivity index (χ0n) is 16.1. The normalized spacial score (nSPS) is 14.2. The molecule has 0 bridgehead atoms. The van der Waals surface area contributed by atoms with Crippen LogP contribution in [0.1, 0.15) is 13.3 Å². The van der Waals surface area contributed by atoms with Crippen molar-refractivity contribution in [2.75, 3.05) is 51.7 Å². The van der Waals surface area contributed by atoms with Crippen LogP contribution in [0, 0.1) is 0 Å². The van der Waals surface area contributed by atoms with Gasteiger partial charge in [0, 0.05) is 56.4 Å². The van der Waals surface area contributed by atoms with Crippen molar-refractivity contribution in [3.05, 3.63) is 28.7 Å². The molecule has 156 valence electrons. The molecule has 1 fully saturated rings. The molecule has 2 N–H and O–H groups in total. The molecular weight excluding hydrogens is 541 g/mol. The number of anilines is 1. The molecule has 0 radical (unpaired) electrons. The SMILES string of the molecule is CCOC(=O)N1CCN(C(=NC)NCCC(=O)Nc2ccc(Br)cc2)CC1.I. The summed E-state index contributed by atoms with van der Waals surface area (Å²) in [6.45, 7) is 5.17. The van der Waals surface area contributed by atoms with Crippen molar-refractivity contribution in [1.82, 2.24) is 15.1 Å². The summed E-state index contributed by atoms with van der Waals surface area (Å²) in [6.07, 6.45) is 0.0578. The van der Waals surface area contributed by atoms with Gasteiger partial charge in [0.25, 0.3) is 0 Å². The minimum Gasteiger partial charge on any atom is -0.450 e. The number of carbonyl (C=O) groups is 2. The zero-order valence-corrected chi connectivity index (χ0v) is 20.0. The number of piperazine rings is 1. The van der Waals surface area contributed by atoms with E-state index in [2.05, 4.69) is 36.5 Å². The van der Waals surface area contributed by atoms with E-state index >= 15 is 0 Å². The number of rotatable bonds is 5.